The van der Waals surface area contributed by atoms with Crippen molar-refractivity contribution in [1.29, 1.82) is 0 Å². The van der Waals surface area contributed by atoms with Crippen LogP contribution in [0.15, 0.2) is 58.1 Å². The molecule has 1 aliphatic heterocycles. The van der Waals surface area contributed by atoms with Gasteiger partial charge in [-0.3, -0.25) is 4.98 Å². The minimum absolute atomic E-state index is 0.0820. The van der Waals surface area contributed by atoms with Crippen LogP contribution in [0.25, 0.3) is 11.5 Å². The molecular weight excluding hydrogens is 371 g/mol. The maximum Gasteiger partial charge on any atom is 0.249 e. The first-order valence-electron chi connectivity index (χ1n) is 8.57. The summed E-state index contributed by atoms with van der Waals surface area (Å²) in [6, 6.07) is 7.96. The summed E-state index contributed by atoms with van der Waals surface area (Å²) < 4.78 is 46.7. The highest BCUT2D eigenvalue weighted by atomic mass is 32.2. The zero-order valence-corrected chi connectivity index (χ0v) is 15.1. The van der Waals surface area contributed by atoms with Gasteiger partial charge in [0.1, 0.15) is 11.9 Å². The van der Waals surface area contributed by atoms with Gasteiger partial charge in [-0.05, 0) is 43.2 Å². The third-order valence-corrected chi connectivity index (χ3v) is 6.39. The Hall–Kier alpha value is -2.65. The molecule has 1 saturated heterocycles. The maximum atomic E-state index is 13.5. The van der Waals surface area contributed by atoms with Gasteiger partial charge < -0.3 is 4.42 Å². The number of aromatic nitrogens is 3. The minimum atomic E-state index is -3.88. The van der Waals surface area contributed by atoms with Gasteiger partial charge in [0.2, 0.25) is 21.8 Å². The Morgan fingerprint density at radius 3 is 2.81 bits per heavy atom. The van der Waals surface area contributed by atoms with Gasteiger partial charge in [0.15, 0.2) is 0 Å². The molecule has 3 aromatic rings. The van der Waals surface area contributed by atoms with E-state index in [1.807, 2.05) is 0 Å². The van der Waals surface area contributed by atoms with Gasteiger partial charge in [-0.2, -0.15) is 4.31 Å². The fourth-order valence-corrected chi connectivity index (χ4v) is 4.86. The number of nitrogens with zero attached hydrogens (tertiary/aromatic N) is 4. The van der Waals surface area contributed by atoms with Crippen LogP contribution in [0, 0.1) is 5.82 Å². The molecule has 0 N–H and O–H groups in total. The molecule has 0 radical (unpaired) electrons. The van der Waals surface area contributed by atoms with E-state index in [1.165, 1.54) is 22.5 Å². The summed E-state index contributed by atoms with van der Waals surface area (Å²) in [7, 11) is -3.88. The highest BCUT2D eigenvalue weighted by molar-refractivity contribution is 7.89. The molecule has 4 rings (SSSR count). The Kier molecular flexibility index (Phi) is 4.71. The van der Waals surface area contributed by atoms with E-state index < -0.39 is 21.9 Å². The summed E-state index contributed by atoms with van der Waals surface area (Å²) in [5.41, 5.74) is 0.659. The van der Waals surface area contributed by atoms with Gasteiger partial charge in [0, 0.05) is 18.9 Å². The van der Waals surface area contributed by atoms with Crippen LogP contribution in [0.2, 0.25) is 0 Å². The molecule has 0 aliphatic carbocycles. The van der Waals surface area contributed by atoms with Crippen molar-refractivity contribution in [3.8, 4) is 11.5 Å². The van der Waals surface area contributed by atoms with E-state index in [2.05, 4.69) is 15.2 Å². The summed E-state index contributed by atoms with van der Waals surface area (Å²) in [6.45, 7) is 0.314. The first kappa shape index (κ1) is 17.7. The smallest absolute Gasteiger partial charge is 0.249 e. The number of pyridine rings is 1. The van der Waals surface area contributed by atoms with Crippen molar-refractivity contribution in [2.45, 2.75) is 30.2 Å². The fourth-order valence-electron chi connectivity index (χ4n) is 3.18. The van der Waals surface area contributed by atoms with E-state index in [-0.39, 0.29) is 16.7 Å². The molecule has 0 saturated carbocycles. The summed E-state index contributed by atoms with van der Waals surface area (Å²) in [4.78, 5) is 3.93. The first-order valence-corrected chi connectivity index (χ1v) is 10.0. The Bertz CT molecular complexity index is 1040. The number of sulfonamides is 1. The second-order valence-corrected chi connectivity index (χ2v) is 8.16. The van der Waals surface area contributed by atoms with Crippen LogP contribution in [-0.4, -0.2) is 34.4 Å². The molecule has 1 atom stereocenters. The molecule has 0 spiro atoms. The van der Waals surface area contributed by atoms with Crippen LogP contribution in [0.3, 0.4) is 0 Å². The molecule has 1 aromatic carbocycles. The van der Waals surface area contributed by atoms with E-state index in [4.69, 9.17) is 4.42 Å². The second-order valence-electron chi connectivity index (χ2n) is 6.27. The summed E-state index contributed by atoms with van der Waals surface area (Å²) >= 11 is 0. The minimum Gasteiger partial charge on any atom is -0.419 e. The average molecular weight is 388 g/mol. The van der Waals surface area contributed by atoms with Crippen LogP contribution in [0.1, 0.15) is 31.2 Å². The van der Waals surface area contributed by atoms with E-state index in [0.717, 1.165) is 12.5 Å². The van der Waals surface area contributed by atoms with Gasteiger partial charge in [0.05, 0.1) is 10.5 Å². The molecule has 9 heteroatoms. The summed E-state index contributed by atoms with van der Waals surface area (Å²) in [5.74, 6) is -0.0819. The van der Waals surface area contributed by atoms with Crippen molar-refractivity contribution in [3.05, 3.63) is 60.5 Å². The SMILES string of the molecule is O=S(=O)(c1cccc(F)c1)N1CCCC[C@@H]1c1nnc(-c2cccnc2)o1. The van der Waals surface area contributed by atoms with E-state index in [0.29, 0.717) is 24.9 Å². The maximum absolute atomic E-state index is 13.5. The number of benzene rings is 1. The molecule has 0 bridgehead atoms. The van der Waals surface area contributed by atoms with Gasteiger partial charge in [-0.1, -0.05) is 12.5 Å². The average Bonchev–Trinajstić information content (AvgIpc) is 3.19. The highest BCUT2D eigenvalue weighted by Gasteiger charge is 2.37. The molecule has 3 heterocycles. The standard InChI is InChI=1S/C18H17FN4O3S/c19-14-6-3-7-15(11-14)27(24,25)23-10-2-1-8-16(23)18-22-21-17(26-18)13-5-4-9-20-12-13/h3-7,9,11-12,16H,1-2,8,10H2/t16-/m1/s1. The lowest BCUT2D eigenvalue weighted by Crippen LogP contribution is -2.38. The molecule has 7 nitrogen and oxygen atoms in total. The fraction of sp³-hybridized carbons (Fsp3) is 0.278. The van der Waals surface area contributed by atoms with Crippen LogP contribution in [0.4, 0.5) is 4.39 Å². The third-order valence-electron chi connectivity index (χ3n) is 4.49. The monoisotopic (exact) mass is 388 g/mol. The zero-order valence-electron chi connectivity index (χ0n) is 14.3. The predicted octanol–water partition coefficient (Wildman–Crippen LogP) is 3.19. The normalized spacial score (nSPS) is 18.5. The van der Waals surface area contributed by atoms with Crippen LogP contribution in [-0.2, 0) is 10.0 Å². The lowest BCUT2D eigenvalue weighted by molar-refractivity contribution is 0.220. The molecule has 2 aromatic heterocycles. The number of hydrogen-bond donors (Lipinski definition) is 0. The summed E-state index contributed by atoms with van der Waals surface area (Å²) in [5, 5.41) is 8.09. The van der Waals surface area contributed by atoms with E-state index in [1.54, 1.807) is 24.5 Å². The van der Waals surface area contributed by atoms with Crippen LogP contribution >= 0.6 is 0 Å². The quantitative estimate of drug-likeness (QED) is 0.682. The number of piperidine rings is 1. The molecular formula is C18H17FN4O3S. The molecule has 27 heavy (non-hydrogen) atoms. The summed E-state index contributed by atoms with van der Waals surface area (Å²) in [6.07, 6.45) is 5.34. The zero-order chi connectivity index (χ0) is 18.9. The lowest BCUT2D eigenvalue weighted by Gasteiger charge is -2.32. The number of rotatable bonds is 4. The second kappa shape index (κ2) is 7.16. The first-order chi connectivity index (χ1) is 13.1. The van der Waals surface area contributed by atoms with Crippen molar-refractivity contribution >= 4 is 10.0 Å². The Labute approximate surface area is 155 Å². The molecule has 140 valence electrons. The van der Waals surface area contributed by atoms with Gasteiger partial charge in [-0.15, -0.1) is 10.2 Å². The van der Waals surface area contributed by atoms with Crippen molar-refractivity contribution in [2.24, 2.45) is 0 Å². The third kappa shape index (κ3) is 3.47. The highest BCUT2D eigenvalue weighted by Crippen LogP contribution is 2.35. The molecule has 0 unspecified atom stereocenters. The van der Waals surface area contributed by atoms with Crippen LogP contribution in [0.5, 0.6) is 0 Å². The lowest BCUT2D eigenvalue weighted by atomic mass is 10.1. The van der Waals surface area contributed by atoms with Crippen molar-refractivity contribution < 1.29 is 17.2 Å². The largest absolute Gasteiger partial charge is 0.419 e. The Morgan fingerprint density at radius 2 is 2.04 bits per heavy atom. The van der Waals surface area contributed by atoms with Gasteiger partial charge in [0.25, 0.3) is 0 Å². The molecule has 1 fully saturated rings. The molecule has 1 aliphatic rings. The molecule has 0 amide bonds. The van der Waals surface area contributed by atoms with Gasteiger partial charge in [-0.25, -0.2) is 12.8 Å². The Morgan fingerprint density at radius 1 is 1.15 bits per heavy atom. The predicted molar refractivity (Wildman–Crippen MR) is 94.4 cm³/mol. The van der Waals surface area contributed by atoms with E-state index >= 15 is 0 Å². The van der Waals surface area contributed by atoms with Crippen molar-refractivity contribution in [1.82, 2.24) is 19.5 Å². The number of halogens is 1. The number of hydrogen-bond acceptors (Lipinski definition) is 6. The van der Waals surface area contributed by atoms with E-state index in [9.17, 15) is 12.8 Å². The van der Waals surface area contributed by atoms with Gasteiger partial charge >= 0.3 is 0 Å². The Balaban J connectivity index is 1.68. The van der Waals surface area contributed by atoms with Crippen molar-refractivity contribution in [2.75, 3.05) is 6.54 Å². The van der Waals surface area contributed by atoms with Crippen molar-refractivity contribution in [3.63, 3.8) is 0 Å². The topological polar surface area (TPSA) is 89.2 Å². The van der Waals surface area contributed by atoms with Crippen LogP contribution < -0.4 is 0 Å².